The van der Waals surface area contributed by atoms with E-state index in [0.717, 1.165) is 16.3 Å². The zero-order valence-corrected chi connectivity index (χ0v) is 16.9. The molecule has 0 radical (unpaired) electrons. The van der Waals surface area contributed by atoms with E-state index in [1.54, 1.807) is 11.5 Å². The van der Waals surface area contributed by atoms with Crippen LogP contribution in [-0.2, 0) is 17.8 Å². The number of aromatic carboxylic acids is 1. The molecule has 1 amide bonds. The third-order valence-electron chi connectivity index (χ3n) is 5.46. The van der Waals surface area contributed by atoms with E-state index < -0.39 is 17.7 Å². The molecule has 3 aromatic carbocycles. The van der Waals surface area contributed by atoms with Crippen LogP contribution in [0.5, 0.6) is 0 Å². The summed E-state index contributed by atoms with van der Waals surface area (Å²) in [6.45, 7) is 1.89. The molecule has 0 bridgehead atoms. The van der Waals surface area contributed by atoms with Crippen molar-refractivity contribution in [3.63, 3.8) is 0 Å². The first-order valence-electron chi connectivity index (χ1n) is 9.90. The Morgan fingerprint density at radius 2 is 1.77 bits per heavy atom. The Morgan fingerprint density at radius 1 is 1.03 bits per heavy atom. The van der Waals surface area contributed by atoms with Gasteiger partial charge in [-0.15, -0.1) is 0 Å². The normalized spacial score (nSPS) is 11.2. The van der Waals surface area contributed by atoms with Gasteiger partial charge >= 0.3 is 5.97 Å². The summed E-state index contributed by atoms with van der Waals surface area (Å²) in [5.41, 5.74) is 1.50. The predicted octanol–water partition coefficient (Wildman–Crippen LogP) is 4.46. The van der Waals surface area contributed by atoms with Crippen molar-refractivity contribution in [1.29, 1.82) is 0 Å². The Bertz CT molecular complexity index is 1310. The molecule has 4 aromatic rings. The van der Waals surface area contributed by atoms with Gasteiger partial charge in [-0.2, -0.15) is 0 Å². The molecule has 4 rings (SSSR count). The van der Waals surface area contributed by atoms with E-state index in [0.29, 0.717) is 16.0 Å². The smallest absolute Gasteiger partial charge is 0.352 e. The topological polar surface area (TPSA) is 82.8 Å². The molecule has 1 heterocycles. The van der Waals surface area contributed by atoms with Gasteiger partial charge in [0.1, 0.15) is 11.5 Å². The fraction of sp³-hybridized carbons (Fsp3) is 0.167. The molecule has 7 heteroatoms. The first-order chi connectivity index (χ1) is 14.9. The van der Waals surface area contributed by atoms with Gasteiger partial charge in [0.2, 0.25) is 5.91 Å². The van der Waals surface area contributed by atoms with Crippen LogP contribution in [0.25, 0.3) is 21.7 Å². The number of rotatable bonds is 6. The highest BCUT2D eigenvalue weighted by Crippen LogP contribution is 2.30. The number of amides is 1. The van der Waals surface area contributed by atoms with Crippen molar-refractivity contribution >= 4 is 33.6 Å². The summed E-state index contributed by atoms with van der Waals surface area (Å²) in [7, 11) is 0. The number of aromatic nitrogens is 1. The molecule has 2 N–H and O–H groups in total. The molecule has 0 saturated heterocycles. The highest BCUT2D eigenvalue weighted by atomic mass is 19.1. The van der Waals surface area contributed by atoms with Gasteiger partial charge in [0.05, 0.1) is 6.42 Å². The van der Waals surface area contributed by atoms with Crippen LogP contribution in [-0.4, -0.2) is 38.4 Å². The van der Waals surface area contributed by atoms with Crippen LogP contribution in [0.15, 0.2) is 60.7 Å². The minimum atomic E-state index is -1.22. The van der Waals surface area contributed by atoms with Crippen LogP contribution in [0.3, 0.4) is 0 Å². The number of benzene rings is 3. The molecule has 6 nitrogen and oxygen atoms in total. The lowest BCUT2D eigenvalue weighted by Gasteiger charge is -2.13. The van der Waals surface area contributed by atoms with Crippen LogP contribution in [0.4, 0.5) is 4.39 Å². The van der Waals surface area contributed by atoms with Gasteiger partial charge in [-0.05, 0) is 41.5 Å². The summed E-state index contributed by atoms with van der Waals surface area (Å²) in [6.07, 6.45) is -0.353. The number of halogens is 1. The third kappa shape index (κ3) is 3.75. The van der Waals surface area contributed by atoms with Crippen molar-refractivity contribution in [2.24, 2.45) is 0 Å². The molecule has 0 spiro atoms. The number of likely N-dealkylation sites (N-methyl/N-ethyl adjacent to an activating group) is 1. The predicted molar refractivity (Wildman–Crippen MR) is 115 cm³/mol. The summed E-state index contributed by atoms with van der Waals surface area (Å²) in [4.78, 5) is 24.6. The number of nitrogens with zero attached hydrogens (tertiary/aromatic N) is 2. The second-order valence-electron chi connectivity index (χ2n) is 7.30. The molecule has 0 aliphatic carbocycles. The van der Waals surface area contributed by atoms with Gasteiger partial charge in [-0.3, -0.25) is 10.0 Å². The number of carboxylic acid groups (broad SMARTS) is 1. The van der Waals surface area contributed by atoms with Crippen LogP contribution < -0.4 is 0 Å². The first-order valence-corrected chi connectivity index (χ1v) is 9.90. The summed E-state index contributed by atoms with van der Waals surface area (Å²) < 4.78 is 15.6. The van der Waals surface area contributed by atoms with Crippen molar-refractivity contribution in [2.75, 3.05) is 6.54 Å². The molecular weight excluding hydrogens is 399 g/mol. The van der Waals surface area contributed by atoms with Crippen molar-refractivity contribution in [3.8, 4) is 0 Å². The summed E-state index contributed by atoms with van der Waals surface area (Å²) in [6, 6.07) is 17.6. The monoisotopic (exact) mass is 420 g/mol. The van der Waals surface area contributed by atoms with Gasteiger partial charge < -0.3 is 9.67 Å². The Morgan fingerprint density at radius 3 is 2.52 bits per heavy atom. The highest BCUT2D eigenvalue weighted by Gasteiger charge is 2.26. The minimum absolute atomic E-state index is 0.0598. The van der Waals surface area contributed by atoms with Crippen LogP contribution in [0.2, 0.25) is 0 Å². The molecule has 31 heavy (non-hydrogen) atoms. The molecule has 158 valence electrons. The van der Waals surface area contributed by atoms with E-state index in [2.05, 4.69) is 0 Å². The maximum absolute atomic E-state index is 14.1. The Balaban J connectivity index is 1.93. The zero-order valence-electron chi connectivity index (χ0n) is 16.9. The molecule has 0 saturated carbocycles. The zero-order chi connectivity index (χ0) is 22.1. The maximum atomic E-state index is 14.1. The van der Waals surface area contributed by atoms with Gasteiger partial charge in [-0.25, -0.2) is 14.2 Å². The Hall–Kier alpha value is -3.71. The van der Waals surface area contributed by atoms with Gasteiger partial charge in [0, 0.05) is 29.6 Å². The maximum Gasteiger partial charge on any atom is 0.352 e. The second-order valence-corrected chi connectivity index (χ2v) is 7.30. The third-order valence-corrected chi connectivity index (χ3v) is 5.46. The second kappa shape index (κ2) is 8.20. The van der Waals surface area contributed by atoms with E-state index in [1.165, 1.54) is 18.2 Å². The fourth-order valence-corrected chi connectivity index (χ4v) is 4.00. The quantitative estimate of drug-likeness (QED) is 0.356. The van der Waals surface area contributed by atoms with Crippen molar-refractivity contribution < 1.29 is 24.3 Å². The molecule has 0 atom stereocenters. The van der Waals surface area contributed by atoms with E-state index in [4.69, 9.17) is 0 Å². The number of hydroxylamine groups is 2. The standard InChI is InChI=1S/C24H21FN2O4/c1-2-27(31)22(28)13-20-19-12-17(25)10-11-21(19)26(23(20)24(29)30)14-16-8-5-7-15-6-3-4-9-18(15)16/h3-12,31H,2,13-14H2,1H3,(H,29,30). The lowest BCUT2D eigenvalue weighted by Crippen LogP contribution is -2.29. The molecule has 0 aliphatic rings. The minimum Gasteiger partial charge on any atom is -0.477 e. The number of hydrogen-bond acceptors (Lipinski definition) is 3. The van der Waals surface area contributed by atoms with Crippen molar-refractivity contribution in [1.82, 2.24) is 9.63 Å². The first kappa shape index (κ1) is 20.6. The van der Waals surface area contributed by atoms with E-state index in [-0.39, 0.29) is 30.8 Å². The van der Waals surface area contributed by atoms with Crippen LogP contribution in [0.1, 0.15) is 28.5 Å². The van der Waals surface area contributed by atoms with Crippen LogP contribution in [0, 0.1) is 5.82 Å². The van der Waals surface area contributed by atoms with Gasteiger partial charge in [0.25, 0.3) is 0 Å². The van der Waals surface area contributed by atoms with Crippen molar-refractivity contribution in [2.45, 2.75) is 19.9 Å². The Kier molecular flexibility index (Phi) is 5.44. The Labute approximate surface area is 177 Å². The summed E-state index contributed by atoms with van der Waals surface area (Å²) in [5.74, 6) is -2.41. The molecule has 0 aliphatic heterocycles. The molecule has 1 aromatic heterocycles. The van der Waals surface area contributed by atoms with Gasteiger partial charge in [-0.1, -0.05) is 42.5 Å². The number of hydrogen-bond donors (Lipinski definition) is 2. The SMILES string of the molecule is CCN(O)C(=O)Cc1c(C(=O)O)n(Cc2cccc3ccccc23)c2ccc(F)cc12. The molecule has 0 fully saturated rings. The molecular formula is C24H21FN2O4. The largest absolute Gasteiger partial charge is 0.477 e. The average Bonchev–Trinajstić information content (AvgIpc) is 3.05. The van der Waals surface area contributed by atoms with E-state index >= 15 is 0 Å². The van der Waals surface area contributed by atoms with Crippen molar-refractivity contribution in [3.05, 3.63) is 83.3 Å². The lowest BCUT2D eigenvalue weighted by molar-refractivity contribution is -0.163. The van der Waals surface area contributed by atoms with Crippen LogP contribution >= 0.6 is 0 Å². The number of carbonyl (C=O) groups is 2. The highest BCUT2D eigenvalue weighted by molar-refractivity contribution is 6.01. The number of fused-ring (bicyclic) bond motifs is 2. The average molecular weight is 420 g/mol. The summed E-state index contributed by atoms with van der Waals surface area (Å²) >= 11 is 0. The van der Waals surface area contributed by atoms with Gasteiger partial charge in [0.15, 0.2) is 0 Å². The number of carboxylic acids is 1. The lowest BCUT2D eigenvalue weighted by atomic mass is 10.0. The fourth-order valence-electron chi connectivity index (χ4n) is 4.00. The summed E-state index contributed by atoms with van der Waals surface area (Å²) in [5, 5.41) is 22.6. The molecule has 0 unspecified atom stereocenters. The van der Waals surface area contributed by atoms with E-state index in [1.807, 2.05) is 42.5 Å². The number of carbonyl (C=O) groups excluding carboxylic acids is 1. The van der Waals surface area contributed by atoms with E-state index in [9.17, 15) is 24.3 Å².